The van der Waals surface area contributed by atoms with Crippen LogP contribution in [0.15, 0.2) is 582 Å². The van der Waals surface area contributed by atoms with Gasteiger partial charge in [0.05, 0.1) is 0 Å². The minimum absolute atomic E-state index is 1.16. The minimum atomic E-state index is 1.16. The highest BCUT2D eigenvalue weighted by molar-refractivity contribution is 6.26. The molecule has 0 saturated heterocycles. The zero-order valence-corrected chi connectivity index (χ0v) is 82.4. The lowest BCUT2D eigenvalue weighted by molar-refractivity contribution is 1.56. The summed E-state index contributed by atoms with van der Waals surface area (Å²) in [5.74, 6) is 0. The van der Waals surface area contributed by atoms with Gasteiger partial charge in [-0.1, -0.05) is 546 Å². The standard InChI is InChI=1S/C84H54.C66H42/c1-4-22-58(23-5-1)79-67-28-10-16-34-73(67)82(74-35-17-11-29-68(74)79)61-46-40-55(41-47-61)64-52-65(56-42-48-62(49-43-56)83-75-36-18-12-30-69(75)80(59-24-6-2-7-25-59)70-31-13-19-37-76(70)83)54-66(53-64)57-44-50-63(51-45-57)84-77-38-20-14-32-71(77)81(60-26-8-3-9-27-60)72-33-15-21-39-78(72)84;1-4-22-49-43(16-1)19-13-31-58(49)64-37-34-52(55-25-7-10-28-61(55)64)46-40-47(53-35-38-65(62-29-11-8-26-56(53)62)59-32-14-20-44-17-2-5-23-50(44)59)42-48(41-46)54-36-39-66(63-30-12-9-27-57(54)63)60-33-15-21-45-18-3-6-24-51(45)60/h1-54H;1-42H. The Labute approximate surface area is 872 Å². The molecule has 0 aromatic heterocycles. The van der Waals surface area contributed by atoms with Crippen molar-refractivity contribution < 1.29 is 0 Å². The molecule has 29 aromatic rings. The van der Waals surface area contributed by atoms with Gasteiger partial charge < -0.3 is 0 Å². The van der Waals surface area contributed by atoms with Gasteiger partial charge in [0.25, 0.3) is 0 Å². The van der Waals surface area contributed by atoms with Crippen LogP contribution in [0.1, 0.15) is 0 Å². The Balaban J connectivity index is 0.000000148. The van der Waals surface area contributed by atoms with Crippen molar-refractivity contribution in [2.45, 2.75) is 0 Å². The Morgan fingerprint density at radius 3 is 0.420 bits per heavy atom. The molecule has 0 radical (unpaired) electrons. The van der Waals surface area contributed by atoms with E-state index in [0.29, 0.717) is 0 Å². The first-order chi connectivity index (χ1) is 74.4. The van der Waals surface area contributed by atoms with E-state index in [-0.39, 0.29) is 0 Å². The normalized spacial score (nSPS) is 11.6. The van der Waals surface area contributed by atoms with Gasteiger partial charge in [0, 0.05) is 0 Å². The van der Waals surface area contributed by atoms with Crippen LogP contribution in [0.25, 0.3) is 296 Å². The Kier molecular flexibility index (Phi) is 22.1. The molecule has 0 unspecified atom stereocenters. The monoisotopic (exact) mass is 1900 g/mol. The quantitative estimate of drug-likeness (QED) is 0.0898. The number of rotatable bonds is 15. The van der Waals surface area contributed by atoms with Crippen molar-refractivity contribution in [2.24, 2.45) is 0 Å². The summed E-state index contributed by atoms with van der Waals surface area (Å²) >= 11 is 0. The fraction of sp³-hybridized carbons (Fsp3) is 0. The first-order valence-corrected chi connectivity index (χ1v) is 52.1. The van der Waals surface area contributed by atoms with Gasteiger partial charge in [-0.05, 0) is 333 Å². The van der Waals surface area contributed by atoms with E-state index < -0.39 is 0 Å². The summed E-state index contributed by atoms with van der Waals surface area (Å²) in [7, 11) is 0. The lowest BCUT2D eigenvalue weighted by Gasteiger charge is -2.19. The third-order valence-corrected chi connectivity index (χ3v) is 31.3. The molecule has 0 N–H and O–H groups in total. The SMILES string of the molecule is c1ccc(-c2c3ccccc3c(-c3ccc(-c4cc(-c5ccc(-c6c7ccccc7c(-c7ccccc7)c7ccccc67)cc5)cc(-c5ccc(-c6c7ccccc7c(-c7ccccc7)c7ccccc67)cc5)c4)cc3)c3ccccc23)cc1.c1ccc2c(-c3ccc(-c4cc(-c5ccc(-c6cccc7ccccc67)c6ccccc56)cc(-c5ccc(-c6cccc7ccccc67)c6ccccc56)c4)c4ccccc34)cccc2c1. The first kappa shape index (κ1) is 88.2. The third kappa shape index (κ3) is 15.5. The molecule has 29 aromatic carbocycles. The summed E-state index contributed by atoms with van der Waals surface area (Å²) in [5.41, 5.74) is 36.5. The van der Waals surface area contributed by atoms with Crippen molar-refractivity contribution in [3.05, 3.63) is 582 Å². The van der Waals surface area contributed by atoms with E-state index >= 15 is 0 Å². The van der Waals surface area contributed by atoms with Gasteiger partial charge in [-0.3, -0.25) is 0 Å². The summed E-state index contributed by atoms with van der Waals surface area (Å²) < 4.78 is 0. The van der Waals surface area contributed by atoms with E-state index in [4.69, 9.17) is 0 Å². The fourth-order valence-electron chi connectivity index (χ4n) is 24.5. The van der Waals surface area contributed by atoms with Gasteiger partial charge in [0.2, 0.25) is 0 Å². The van der Waals surface area contributed by atoms with Crippen molar-refractivity contribution in [2.75, 3.05) is 0 Å². The molecule has 0 saturated carbocycles. The molecule has 0 fully saturated rings. The second-order valence-electron chi connectivity index (χ2n) is 39.7. The van der Waals surface area contributed by atoms with E-state index in [1.807, 2.05) is 0 Å². The molecule has 696 valence electrons. The lowest BCUT2D eigenvalue weighted by Crippen LogP contribution is -1.92. The van der Waals surface area contributed by atoms with E-state index in [9.17, 15) is 0 Å². The first-order valence-electron chi connectivity index (χ1n) is 52.1. The smallest absolute Gasteiger partial charge is 0.00264 e. The molecule has 29 rings (SSSR count). The number of hydrogen-bond donors (Lipinski definition) is 0. The number of hydrogen-bond acceptors (Lipinski definition) is 0. The van der Waals surface area contributed by atoms with Gasteiger partial charge in [0.1, 0.15) is 0 Å². The third-order valence-electron chi connectivity index (χ3n) is 31.3. The predicted octanol–water partition coefficient (Wildman–Crippen LogP) is 42.2. The molecule has 0 spiro atoms. The summed E-state index contributed by atoms with van der Waals surface area (Å²) in [4.78, 5) is 0. The highest BCUT2D eigenvalue weighted by Crippen LogP contribution is 2.53. The van der Waals surface area contributed by atoms with Crippen LogP contribution >= 0.6 is 0 Å². The Bertz CT molecular complexity index is 9260. The molecule has 0 amide bonds. The maximum absolute atomic E-state index is 2.43. The summed E-state index contributed by atoms with van der Waals surface area (Å²) in [6.07, 6.45) is 0. The van der Waals surface area contributed by atoms with E-state index in [1.54, 1.807) is 0 Å². The highest BCUT2D eigenvalue weighted by atomic mass is 14.3. The maximum Gasteiger partial charge on any atom is -0.00264 e. The Morgan fingerprint density at radius 1 is 0.0667 bits per heavy atom. The van der Waals surface area contributed by atoms with Crippen molar-refractivity contribution in [3.8, 4) is 167 Å². The Morgan fingerprint density at radius 2 is 0.207 bits per heavy atom. The molecule has 0 heterocycles. The molecule has 0 aliphatic carbocycles. The van der Waals surface area contributed by atoms with Crippen LogP contribution in [-0.2, 0) is 0 Å². The van der Waals surface area contributed by atoms with Gasteiger partial charge in [0.15, 0.2) is 0 Å². The second-order valence-corrected chi connectivity index (χ2v) is 39.7. The van der Waals surface area contributed by atoms with E-state index in [2.05, 4.69) is 582 Å². The largest absolute Gasteiger partial charge is 0.0622 e. The zero-order valence-electron chi connectivity index (χ0n) is 82.4. The summed E-state index contributed by atoms with van der Waals surface area (Å²) in [5, 5.41) is 30.0. The average molecular weight is 1900 g/mol. The zero-order chi connectivity index (χ0) is 99.1. The predicted molar refractivity (Wildman–Crippen MR) is 644 cm³/mol. The molecular weight excluding hydrogens is 1800 g/mol. The van der Waals surface area contributed by atoms with Crippen LogP contribution in [-0.4, -0.2) is 0 Å². The molecule has 0 nitrogen and oxygen atoms in total. The lowest BCUT2D eigenvalue weighted by atomic mass is 9.85. The summed E-state index contributed by atoms with van der Waals surface area (Å²) in [6.45, 7) is 0. The molecule has 0 atom stereocenters. The average Bonchev–Trinajstić information content (AvgIpc) is 0.734. The van der Waals surface area contributed by atoms with Crippen LogP contribution < -0.4 is 0 Å². The van der Waals surface area contributed by atoms with Gasteiger partial charge in [-0.15, -0.1) is 0 Å². The number of benzene rings is 29. The van der Waals surface area contributed by atoms with Crippen molar-refractivity contribution in [1.29, 1.82) is 0 Å². The van der Waals surface area contributed by atoms with Crippen molar-refractivity contribution in [1.82, 2.24) is 0 Å². The maximum atomic E-state index is 2.43. The second kappa shape index (κ2) is 37.6. The summed E-state index contributed by atoms with van der Waals surface area (Å²) in [6, 6.07) is 215. The molecule has 0 aliphatic rings. The van der Waals surface area contributed by atoms with Gasteiger partial charge >= 0.3 is 0 Å². The molecule has 0 bridgehead atoms. The van der Waals surface area contributed by atoms with Crippen molar-refractivity contribution >= 4 is 129 Å². The van der Waals surface area contributed by atoms with Gasteiger partial charge in [-0.2, -0.15) is 0 Å². The van der Waals surface area contributed by atoms with Crippen LogP contribution in [0.3, 0.4) is 0 Å². The number of fused-ring (bicyclic) bond motifs is 12. The topological polar surface area (TPSA) is 0 Å². The van der Waals surface area contributed by atoms with Crippen LogP contribution in [0.5, 0.6) is 0 Å². The fourth-order valence-corrected chi connectivity index (χ4v) is 24.5. The Hall–Kier alpha value is -19.5. The van der Waals surface area contributed by atoms with Crippen molar-refractivity contribution in [3.63, 3.8) is 0 Å². The van der Waals surface area contributed by atoms with Gasteiger partial charge in [-0.25, -0.2) is 0 Å². The van der Waals surface area contributed by atoms with Crippen LogP contribution in [0.4, 0.5) is 0 Å². The van der Waals surface area contributed by atoms with Crippen LogP contribution in [0, 0.1) is 0 Å². The molecular formula is C150H96. The molecule has 150 heavy (non-hydrogen) atoms. The molecule has 0 aliphatic heterocycles. The van der Waals surface area contributed by atoms with Crippen LogP contribution in [0.2, 0.25) is 0 Å². The minimum Gasteiger partial charge on any atom is -0.0622 e. The highest BCUT2D eigenvalue weighted by Gasteiger charge is 2.26. The van der Waals surface area contributed by atoms with E-state index in [1.165, 1.54) is 279 Å². The molecule has 0 heteroatoms. The van der Waals surface area contributed by atoms with E-state index in [0.717, 1.165) is 16.7 Å².